The van der Waals surface area contributed by atoms with E-state index < -0.39 is 5.97 Å². The van der Waals surface area contributed by atoms with Gasteiger partial charge in [-0.05, 0) is 13.3 Å². The number of ether oxygens (including phenoxy) is 1. The van der Waals surface area contributed by atoms with E-state index in [0.717, 1.165) is 25.3 Å². The number of hydrogen-bond donors (Lipinski definition) is 1. The van der Waals surface area contributed by atoms with Crippen LogP contribution in [0.3, 0.4) is 0 Å². The highest BCUT2D eigenvalue weighted by molar-refractivity contribution is 5.94. The number of amides is 1. The van der Waals surface area contributed by atoms with E-state index in [1.54, 1.807) is 6.92 Å². The molecule has 0 radical (unpaired) electrons. The number of hydrogen-bond acceptors (Lipinski definition) is 3. The number of esters is 1. The standard InChI is InChI=1S/C11H19NO3/c1-3-5-6-9-12-10(13)7-8-11(14)15-4-2/h7-8H,3-6,9H2,1-2H3,(H,12,13). The summed E-state index contributed by atoms with van der Waals surface area (Å²) in [5.74, 6) is -0.736. The Labute approximate surface area is 90.7 Å². The zero-order chi connectivity index (χ0) is 11.5. The second kappa shape index (κ2) is 9.24. The van der Waals surface area contributed by atoms with Gasteiger partial charge in [-0.1, -0.05) is 19.8 Å². The van der Waals surface area contributed by atoms with Gasteiger partial charge in [0.25, 0.3) is 0 Å². The topological polar surface area (TPSA) is 55.4 Å². The molecule has 0 bridgehead atoms. The summed E-state index contributed by atoms with van der Waals surface area (Å²) in [6.45, 7) is 4.79. The molecule has 86 valence electrons. The third-order valence-corrected chi connectivity index (χ3v) is 1.74. The molecule has 0 rings (SSSR count). The molecule has 4 nitrogen and oxygen atoms in total. The molecule has 0 aliphatic heterocycles. The van der Waals surface area contributed by atoms with Gasteiger partial charge in [-0.2, -0.15) is 0 Å². The van der Waals surface area contributed by atoms with Crippen molar-refractivity contribution >= 4 is 11.9 Å². The average molecular weight is 213 g/mol. The van der Waals surface area contributed by atoms with E-state index in [4.69, 9.17) is 0 Å². The van der Waals surface area contributed by atoms with Gasteiger partial charge in [0.15, 0.2) is 0 Å². The van der Waals surface area contributed by atoms with Gasteiger partial charge in [-0.3, -0.25) is 4.79 Å². The fraction of sp³-hybridized carbons (Fsp3) is 0.636. The van der Waals surface area contributed by atoms with Crippen LogP contribution in [0.25, 0.3) is 0 Å². The van der Waals surface area contributed by atoms with Gasteiger partial charge in [0.05, 0.1) is 6.61 Å². The molecule has 0 spiro atoms. The first-order chi connectivity index (χ1) is 7.20. The van der Waals surface area contributed by atoms with Crippen molar-refractivity contribution in [2.45, 2.75) is 33.1 Å². The molecule has 1 amide bonds. The van der Waals surface area contributed by atoms with Gasteiger partial charge in [-0.15, -0.1) is 0 Å². The molecule has 0 saturated carbocycles. The first-order valence-electron chi connectivity index (χ1n) is 5.33. The molecular weight excluding hydrogens is 194 g/mol. The van der Waals surface area contributed by atoms with Crippen molar-refractivity contribution in [1.82, 2.24) is 5.32 Å². The van der Waals surface area contributed by atoms with Crippen molar-refractivity contribution in [2.24, 2.45) is 0 Å². The van der Waals surface area contributed by atoms with Crippen LogP contribution in [0.15, 0.2) is 12.2 Å². The predicted octanol–water partition coefficient (Wildman–Crippen LogP) is 1.41. The smallest absolute Gasteiger partial charge is 0.330 e. The molecule has 0 aromatic heterocycles. The first-order valence-corrected chi connectivity index (χ1v) is 5.33. The third kappa shape index (κ3) is 9.00. The maximum absolute atomic E-state index is 11.1. The molecule has 1 N–H and O–H groups in total. The first kappa shape index (κ1) is 13.7. The maximum Gasteiger partial charge on any atom is 0.330 e. The summed E-state index contributed by atoms with van der Waals surface area (Å²) in [5, 5.41) is 2.68. The SMILES string of the molecule is CCCCCNC(=O)C=CC(=O)OCC. The monoisotopic (exact) mass is 213 g/mol. The van der Waals surface area contributed by atoms with Crippen LogP contribution in [0, 0.1) is 0 Å². The highest BCUT2D eigenvalue weighted by atomic mass is 16.5. The van der Waals surface area contributed by atoms with E-state index >= 15 is 0 Å². The van der Waals surface area contributed by atoms with E-state index in [1.165, 1.54) is 6.08 Å². The lowest BCUT2D eigenvalue weighted by Gasteiger charge is -2.00. The average Bonchev–Trinajstić information content (AvgIpc) is 2.22. The lowest BCUT2D eigenvalue weighted by Crippen LogP contribution is -2.22. The van der Waals surface area contributed by atoms with Crippen LogP contribution in [0.2, 0.25) is 0 Å². The summed E-state index contributed by atoms with van der Waals surface area (Å²) in [5.41, 5.74) is 0. The zero-order valence-corrected chi connectivity index (χ0v) is 9.41. The van der Waals surface area contributed by atoms with Crippen LogP contribution in [0.4, 0.5) is 0 Å². The van der Waals surface area contributed by atoms with E-state index in [1.807, 2.05) is 0 Å². The minimum absolute atomic E-state index is 0.251. The molecule has 15 heavy (non-hydrogen) atoms. The lowest BCUT2D eigenvalue weighted by atomic mass is 10.2. The van der Waals surface area contributed by atoms with Crippen molar-refractivity contribution in [1.29, 1.82) is 0 Å². The predicted molar refractivity (Wildman–Crippen MR) is 58.3 cm³/mol. The molecule has 0 aromatic carbocycles. The fourth-order valence-corrected chi connectivity index (χ4v) is 0.980. The summed E-state index contributed by atoms with van der Waals surface area (Å²) in [6, 6.07) is 0. The Bertz CT molecular complexity index is 224. The highest BCUT2D eigenvalue weighted by Crippen LogP contribution is 1.91. The van der Waals surface area contributed by atoms with Crippen LogP contribution in [0.1, 0.15) is 33.1 Å². The molecule has 0 fully saturated rings. The van der Waals surface area contributed by atoms with Gasteiger partial charge in [0, 0.05) is 18.7 Å². The number of rotatable bonds is 7. The van der Waals surface area contributed by atoms with E-state index in [-0.39, 0.29) is 5.91 Å². The van der Waals surface area contributed by atoms with Crippen molar-refractivity contribution in [3.05, 3.63) is 12.2 Å². The Morgan fingerprint density at radius 1 is 1.20 bits per heavy atom. The fourth-order valence-electron chi connectivity index (χ4n) is 0.980. The Morgan fingerprint density at radius 2 is 1.93 bits per heavy atom. The lowest BCUT2D eigenvalue weighted by molar-refractivity contribution is -0.137. The van der Waals surface area contributed by atoms with Crippen molar-refractivity contribution in [3.63, 3.8) is 0 Å². The summed E-state index contributed by atoms with van der Waals surface area (Å²) in [4.78, 5) is 21.9. The maximum atomic E-state index is 11.1. The zero-order valence-electron chi connectivity index (χ0n) is 9.41. The van der Waals surface area contributed by atoms with Crippen molar-refractivity contribution in [2.75, 3.05) is 13.2 Å². The highest BCUT2D eigenvalue weighted by Gasteiger charge is 1.97. The Hall–Kier alpha value is -1.32. The Balaban J connectivity index is 3.59. The minimum atomic E-state index is -0.485. The molecule has 4 heteroatoms. The van der Waals surface area contributed by atoms with Gasteiger partial charge >= 0.3 is 5.97 Å². The summed E-state index contributed by atoms with van der Waals surface area (Å²) >= 11 is 0. The second-order valence-electron chi connectivity index (χ2n) is 3.08. The molecule has 0 aromatic rings. The minimum Gasteiger partial charge on any atom is -0.463 e. The Morgan fingerprint density at radius 3 is 2.53 bits per heavy atom. The largest absolute Gasteiger partial charge is 0.463 e. The molecule has 0 saturated heterocycles. The van der Waals surface area contributed by atoms with Gasteiger partial charge in [0.2, 0.25) is 5.91 Å². The van der Waals surface area contributed by atoms with Crippen LogP contribution in [0.5, 0.6) is 0 Å². The molecule has 0 aliphatic carbocycles. The number of carbonyl (C=O) groups excluding carboxylic acids is 2. The molecule has 0 unspecified atom stereocenters. The molecule has 0 atom stereocenters. The summed E-state index contributed by atoms with van der Waals surface area (Å²) in [7, 11) is 0. The quantitative estimate of drug-likeness (QED) is 0.395. The number of carbonyl (C=O) groups is 2. The Kier molecular flexibility index (Phi) is 8.43. The summed E-state index contributed by atoms with van der Waals surface area (Å²) in [6.07, 6.45) is 5.52. The van der Waals surface area contributed by atoms with Crippen LogP contribution in [-0.4, -0.2) is 25.0 Å². The van der Waals surface area contributed by atoms with Crippen LogP contribution >= 0.6 is 0 Å². The molecule has 0 aliphatic rings. The van der Waals surface area contributed by atoms with E-state index in [0.29, 0.717) is 13.2 Å². The summed E-state index contributed by atoms with van der Waals surface area (Å²) < 4.78 is 4.63. The normalized spacial score (nSPS) is 10.3. The number of unbranched alkanes of at least 4 members (excludes halogenated alkanes) is 2. The molecular formula is C11H19NO3. The van der Waals surface area contributed by atoms with Gasteiger partial charge in [0.1, 0.15) is 0 Å². The van der Waals surface area contributed by atoms with Crippen molar-refractivity contribution in [3.8, 4) is 0 Å². The third-order valence-electron chi connectivity index (χ3n) is 1.74. The van der Waals surface area contributed by atoms with Crippen molar-refractivity contribution < 1.29 is 14.3 Å². The van der Waals surface area contributed by atoms with Crippen LogP contribution in [-0.2, 0) is 14.3 Å². The van der Waals surface area contributed by atoms with E-state index in [9.17, 15) is 9.59 Å². The van der Waals surface area contributed by atoms with Gasteiger partial charge < -0.3 is 10.1 Å². The molecule has 0 heterocycles. The van der Waals surface area contributed by atoms with E-state index in [2.05, 4.69) is 17.0 Å². The van der Waals surface area contributed by atoms with Crippen LogP contribution < -0.4 is 5.32 Å². The van der Waals surface area contributed by atoms with Gasteiger partial charge in [-0.25, -0.2) is 4.79 Å². The second-order valence-corrected chi connectivity index (χ2v) is 3.08. The number of nitrogens with one attached hydrogen (secondary N) is 1.